The third-order valence-electron chi connectivity index (χ3n) is 3.89. The van der Waals surface area contributed by atoms with Gasteiger partial charge in [-0.25, -0.2) is 0 Å². The van der Waals surface area contributed by atoms with Gasteiger partial charge in [0.05, 0.1) is 18.9 Å². The number of aryl methyl sites for hydroxylation is 1. The molecule has 2 rings (SSSR count). The van der Waals surface area contributed by atoms with Gasteiger partial charge in [-0.15, -0.1) is 0 Å². The van der Waals surface area contributed by atoms with Crippen LogP contribution in [0, 0.1) is 6.92 Å². The summed E-state index contributed by atoms with van der Waals surface area (Å²) in [7, 11) is 3.94. The Labute approximate surface area is 143 Å². The van der Waals surface area contributed by atoms with Gasteiger partial charge in [-0.1, -0.05) is 18.2 Å². The molecule has 5 heteroatoms. The van der Waals surface area contributed by atoms with E-state index in [-0.39, 0.29) is 11.9 Å². The zero-order chi connectivity index (χ0) is 17.4. The van der Waals surface area contributed by atoms with E-state index in [4.69, 9.17) is 9.15 Å². The molecule has 0 fully saturated rings. The number of para-hydroxylation sites is 1. The SMILES string of the molecule is Cc1ccccc1OCCCC(=O)NCC(c1ccco1)N(C)C. The fraction of sp³-hybridized carbons (Fsp3) is 0.421. The molecule has 1 N–H and O–H groups in total. The molecule has 1 atom stereocenters. The zero-order valence-corrected chi connectivity index (χ0v) is 14.6. The number of rotatable bonds is 9. The first kappa shape index (κ1) is 18.1. The summed E-state index contributed by atoms with van der Waals surface area (Å²) in [6.45, 7) is 3.07. The van der Waals surface area contributed by atoms with E-state index < -0.39 is 0 Å². The van der Waals surface area contributed by atoms with Crippen LogP contribution in [-0.2, 0) is 4.79 Å². The van der Waals surface area contributed by atoms with Crippen LogP contribution in [0.15, 0.2) is 47.1 Å². The monoisotopic (exact) mass is 330 g/mol. The number of carbonyl (C=O) groups is 1. The molecule has 0 aliphatic rings. The highest BCUT2D eigenvalue weighted by atomic mass is 16.5. The van der Waals surface area contributed by atoms with Crippen LogP contribution >= 0.6 is 0 Å². The molecule has 2 aromatic rings. The number of nitrogens with one attached hydrogen (secondary N) is 1. The van der Waals surface area contributed by atoms with Crippen molar-refractivity contribution in [2.75, 3.05) is 27.2 Å². The van der Waals surface area contributed by atoms with Crippen LogP contribution in [0.4, 0.5) is 0 Å². The maximum Gasteiger partial charge on any atom is 0.220 e. The van der Waals surface area contributed by atoms with Gasteiger partial charge in [-0.2, -0.15) is 0 Å². The second kappa shape index (κ2) is 9.13. The smallest absolute Gasteiger partial charge is 0.220 e. The Morgan fingerprint density at radius 1 is 1.25 bits per heavy atom. The number of hydrogen-bond acceptors (Lipinski definition) is 4. The molecule has 0 aliphatic carbocycles. The van der Waals surface area contributed by atoms with Gasteiger partial charge >= 0.3 is 0 Å². The molecule has 130 valence electrons. The Morgan fingerprint density at radius 2 is 2.04 bits per heavy atom. The number of benzene rings is 1. The molecule has 24 heavy (non-hydrogen) atoms. The molecular formula is C19H26N2O3. The van der Waals surface area contributed by atoms with Gasteiger partial charge in [-0.05, 0) is 51.2 Å². The maximum atomic E-state index is 12.0. The van der Waals surface area contributed by atoms with E-state index in [1.807, 2.05) is 62.3 Å². The molecule has 0 bridgehead atoms. The van der Waals surface area contributed by atoms with E-state index in [1.165, 1.54) is 0 Å². The predicted molar refractivity (Wildman–Crippen MR) is 94.1 cm³/mol. The summed E-state index contributed by atoms with van der Waals surface area (Å²) in [5.41, 5.74) is 1.11. The van der Waals surface area contributed by atoms with Crippen LogP contribution in [0.5, 0.6) is 5.75 Å². The average Bonchev–Trinajstić information content (AvgIpc) is 3.07. The van der Waals surface area contributed by atoms with Crippen LogP contribution in [-0.4, -0.2) is 38.1 Å². The van der Waals surface area contributed by atoms with Gasteiger partial charge in [0.2, 0.25) is 5.91 Å². The molecule has 0 saturated carbocycles. The summed E-state index contributed by atoms with van der Waals surface area (Å²) in [6.07, 6.45) is 2.79. The van der Waals surface area contributed by atoms with E-state index in [9.17, 15) is 4.79 Å². The van der Waals surface area contributed by atoms with Crippen molar-refractivity contribution in [1.82, 2.24) is 10.2 Å². The lowest BCUT2D eigenvalue weighted by Gasteiger charge is -2.22. The Kier molecular flexibility index (Phi) is 6.88. The second-order valence-corrected chi connectivity index (χ2v) is 6.02. The van der Waals surface area contributed by atoms with Crippen LogP contribution in [0.1, 0.15) is 30.2 Å². The Morgan fingerprint density at radius 3 is 2.71 bits per heavy atom. The molecule has 1 amide bonds. The lowest BCUT2D eigenvalue weighted by Crippen LogP contribution is -2.34. The van der Waals surface area contributed by atoms with Gasteiger partial charge in [0, 0.05) is 13.0 Å². The standard InChI is InChI=1S/C19H26N2O3/c1-15-8-4-5-9-17(15)23-13-7-11-19(22)20-14-16(21(2)3)18-10-6-12-24-18/h4-6,8-10,12,16H,7,11,13-14H2,1-3H3,(H,20,22). The summed E-state index contributed by atoms with van der Waals surface area (Å²) >= 11 is 0. The summed E-state index contributed by atoms with van der Waals surface area (Å²) in [5, 5.41) is 2.97. The van der Waals surface area contributed by atoms with Gasteiger partial charge in [0.15, 0.2) is 0 Å². The molecule has 0 saturated heterocycles. The van der Waals surface area contributed by atoms with E-state index in [1.54, 1.807) is 6.26 Å². The highest BCUT2D eigenvalue weighted by Crippen LogP contribution is 2.18. The Bertz CT molecular complexity index is 623. The number of likely N-dealkylation sites (N-methyl/N-ethyl adjacent to an activating group) is 1. The summed E-state index contributed by atoms with van der Waals surface area (Å²) in [4.78, 5) is 14.0. The highest BCUT2D eigenvalue weighted by molar-refractivity contribution is 5.75. The van der Waals surface area contributed by atoms with Crippen LogP contribution < -0.4 is 10.1 Å². The maximum absolute atomic E-state index is 12.0. The lowest BCUT2D eigenvalue weighted by atomic mass is 10.2. The third kappa shape index (κ3) is 5.42. The van der Waals surface area contributed by atoms with Gasteiger partial charge < -0.3 is 14.5 Å². The zero-order valence-electron chi connectivity index (χ0n) is 14.6. The summed E-state index contributed by atoms with van der Waals surface area (Å²) in [5.74, 6) is 1.76. The van der Waals surface area contributed by atoms with Crippen molar-refractivity contribution in [3.63, 3.8) is 0 Å². The molecule has 0 radical (unpaired) electrons. The molecular weight excluding hydrogens is 304 g/mol. The highest BCUT2D eigenvalue weighted by Gasteiger charge is 2.17. The normalized spacial score (nSPS) is 12.2. The number of nitrogens with zero attached hydrogens (tertiary/aromatic N) is 1. The van der Waals surface area contributed by atoms with Crippen molar-refractivity contribution in [1.29, 1.82) is 0 Å². The van der Waals surface area contributed by atoms with Gasteiger partial charge in [0.25, 0.3) is 0 Å². The topological polar surface area (TPSA) is 54.7 Å². The largest absolute Gasteiger partial charge is 0.493 e. The second-order valence-electron chi connectivity index (χ2n) is 6.02. The average molecular weight is 330 g/mol. The van der Waals surface area contributed by atoms with Crippen molar-refractivity contribution in [3.05, 3.63) is 54.0 Å². The summed E-state index contributed by atoms with van der Waals surface area (Å²) in [6, 6.07) is 11.7. The third-order valence-corrected chi connectivity index (χ3v) is 3.89. The molecule has 1 heterocycles. The number of furan rings is 1. The number of carbonyl (C=O) groups excluding carboxylic acids is 1. The van der Waals surface area contributed by atoms with Crippen LogP contribution in [0.3, 0.4) is 0 Å². The molecule has 1 aromatic heterocycles. The predicted octanol–water partition coefficient (Wildman–Crippen LogP) is 3.17. The van der Waals surface area contributed by atoms with Crippen molar-refractivity contribution in [2.24, 2.45) is 0 Å². The minimum atomic E-state index is 0.0294. The Hall–Kier alpha value is -2.27. The first-order valence-corrected chi connectivity index (χ1v) is 8.23. The molecule has 0 aliphatic heterocycles. The van der Waals surface area contributed by atoms with E-state index >= 15 is 0 Å². The first-order valence-electron chi connectivity index (χ1n) is 8.23. The fourth-order valence-corrected chi connectivity index (χ4v) is 2.45. The number of ether oxygens (including phenoxy) is 1. The first-order chi connectivity index (χ1) is 11.6. The van der Waals surface area contributed by atoms with E-state index in [2.05, 4.69) is 5.32 Å². The Balaban J connectivity index is 1.68. The lowest BCUT2D eigenvalue weighted by molar-refractivity contribution is -0.121. The van der Waals surface area contributed by atoms with Gasteiger partial charge in [-0.3, -0.25) is 9.69 Å². The number of amides is 1. The van der Waals surface area contributed by atoms with Crippen molar-refractivity contribution < 1.29 is 13.9 Å². The van der Waals surface area contributed by atoms with E-state index in [0.29, 0.717) is 26.0 Å². The quantitative estimate of drug-likeness (QED) is 0.718. The van der Waals surface area contributed by atoms with Crippen molar-refractivity contribution >= 4 is 5.91 Å². The summed E-state index contributed by atoms with van der Waals surface area (Å²) < 4.78 is 11.1. The molecule has 5 nitrogen and oxygen atoms in total. The molecule has 1 unspecified atom stereocenters. The van der Waals surface area contributed by atoms with Crippen LogP contribution in [0.2, 0.25) is 0 Å². The minimum absolute atomic E-state index is 0.0294. The number of hydrogen-bond donors (Lipinski definition) is 1. The van der Waals surface area contributed by atoms with Crippen molar-refractivity contribution in [2.45, 2.75) is 25.8 Å². The fourth-order valence-electron chi connectivity index (χ4n) is 2.45. The minimum Gasteiger partial charge on any atom is -0.493 e. The van der Waals surface area contributed by atoms with Crippen LogP contribution in [0.25, 0.3) is 0 Å². The molecule has 1 aromatic carbocycles. The van der Waals surface area contributed by atoms with E-state index in [0.717, 1.165) is 17.1 Å². The van der Waals surface area contributed by atoms with Crippen molar-refractivity contribution in [3.8, 4) is 5.75 Å². The molecule has 0 spiro atoms. The van der Waals surface area contributed by atoms with Gasteiger partial charge in [0.1, 0.15) is 11.5 Å².